The Kier molecular flexibility index (Phi) is 2.92. The molecule has 1 nitrogen and oxygen atoms in total. The van der Waals surface area contributed by atoms with Crippen molar-refractivity contribution in [2.45, 2.75) is 0 Å². The number of hydrogen-bond donors (Lipinski definition) is 0. The van der Waals surface area contributed by atoms with Crippen LogP contribution in [-0.4, -0.2) is 0 Å². The van der Waals surface area contributed by atoms with Gasteiger partial charge in [0.15, 0.2) is 7.14 Å². The zero-order chi connectivity index (χ0) is 14.4. The first-order valence-electron chi connectivity index (χ1n) is 6.77. The SMILES string of the molecule is O=P1(c2ccccc2)c2ccccc2-c2ccc(Br)cc21. The second-order valence-electron chi connectivity index (χ2n) is 5.12. The van der Waals surface area contributed by atoms with Crippen LogP contribution in [0.3, 0.4) is 0 Å². The van der Waals surface area contributed by atoms with E-state index in [0.717, 1.165) is 31.5 Å². The summed E-state index contributed by atoms with van der Waals surface area (Å²) in [5, 5.41) is 2.78. The summed E-state index contributed by atoms with van der Waals surface area (Å²) in [5.41, 5.74) is 2.17. The van der Waals surface area contributed by atoms with Crippen molar-refractivity contribution in [3.63, 3.8) is 0 Å². The first-order valence-corrected chi connectivity index (χ1v) is 9.27. The Balaban J connectivity index is 2.13. The first-order chi connectivity index (χ1) is 10.2. The minimum absolute atomic E-state index is 0.898. The normalized spacial score (nSPS) is 19.1. The molecule has 0 fully saturated rings. The number of benzene rings is 3. The molecule has 1 atom stereocenters. The highest BCUT2D eigenvalue weighted by molar-refractivity contribution is 9.10. The summed E-state index contributed by atoms with van der Waals surface area (Å²) in [6, 6.07) is 23.9. The molecule has 0 N–H and O–H groups in total. The predicted octanol–water partition coefficient (Wildman–Crippen LogP) is 4.07. The molecule has 0 radical (unpaired) electrons. The Hall–Kier alpha value is -1.63. The van der Waals surface area contributed by atoms with Gasteiger partial charge in [0.25, 0.3) is 0 Å². The van der Waals surface area contributed by atoms with Gasteiger partial charge in [-0.3, -0.25) is 0 Å². The highest BCUT2D eigenvalue weighted by atomic mass is 79.9. The highest BCUT2D eigenvalue weighted by Crippen LogP contribution is 2.52. The second kappa shape index (κ2) is 4.69. The molecule has 21 heavy (non-hydrogen) atoms. The van der Waals surface area contributed by atoms with E-state index in [1.54, 1.807) is 0 Å². The largest absolute Gasteiger partial charge is 0.309 e. The van der Waals surface area contributed by atoms with Crippen molar-refractivity contribution in [3.05, 3.63) is 77.3 Å². The molecule has 4 rings (SSSR count). The number of hydrogen-bond acceptors (Lipinski definition) is 1. The Bertz CT molecular complexity index is 887. The van der Waals surface area contributed by atoms with Gasteiger partial charge in [-0.25, -0.2) is 0 Å². The Labute approximate surface area is 132 Å². The van der Waals surface area contributed by atoms with E-state index in [0.29, 0.717) is 0 Å². The summed E-state index contributed by atoms with van der Waals surface area (Å²) in [4.78, 5) is 0. The zero-order valence-electron chi connectivity index (χ0n) is 11.2. The van der Waals surface area contributed by atoms with Crippen LogP contribution in [0.5, 0.6) is 0 Å². The van der Waals surface area contributed by atoms with Gasteiger partial charge in [-0.05, 0) is 23.3 Å². The lowest BCUT2D eigenvalue weighted by atomic mass is 10.1. The second-order valence-corrected chi connectivity index (χ2v) is 8.74. The van der Waals surface area contributed by atoms with E-state index < -0.39 is 7.14 Å². The van der Waals surface area contributed by atoms with Crippen molar-refractivity contribution in [2.75, 3.05) is 0 Å². The van der Waals surface area contributed by atoms with Gasteiger partial charge in [-0.2, -0.15) is 0 Å². The average molecular weight is 355 g/mol. The molecule has 1 aliphatic heterocycles. The fourth-order valence-electron chi connectivity index (χ4n) is 3.01. The maximum atomic E-state index is 14.0. The molecular formula is C18H12BrOP. The molecule has 0 spiro atoms. The van der Waals surface area contributed by atoms with Gasteiger partial charge in [0.05, 0.1) is 0 Å². The molecule has 0 bridgehead atoms. The number of rotatable bonds is 1. The lowest BCUT2D eigenvalue weighted by molar-refractivity contribution is 0.593. The van der Waals surface area contributed by atoms with E-state index in [1.165, 1.54) is 0 Å². The van der Waals surface area contributed by atoms with Crippen LogP contribution >= 0.6 is 23.1 Å². The first kappa shape index (κ1) is 13.1. The van der Waals surface area contributed by atoms with Crippen molar-refractivity contribution in [1.29, 1.82) is 0 Å². The number of halogens is 1. The quantitative estimate of drug-likeness (QED) is 0.471. The summed E-state index contributed by atoms with van der Waals surface area (Å²) in [7, 11) is -2.76. The lowest BCUT2D eigenvalue weighted by Gasteiger charge is -2.15. The summed E-state index contributed by atoms with van der Waals surface area (Å²) in [5.74, 6) is 0. The van der Waals surface area contributed by atoms with Crippen LogP contribution in [0.15, 0.2) is 77.3 Å². The molecule has 1 unspecified atom stereocenters. The summed E-state index contributed by atoms with van der Waals surface area (Å²) in [6.45, 7) is 0. The van der Waals surface area contributed by atoms with Crippen LogP contribution in [0.2, 0.25) is 0 Å². The average Bonchev–Trinajstić information content (AvgIpc) is 2.79. The topological polar surface area (TPSA) is 17.1 Å². The smallest absolute Gasteiger partial charge is 0.172 e. The van der Waals surface area contributed by atoms with E-state index in [2.05, 4.69) is 28.1 Å². The minimum Gasteiger partial charge on any atom is -0.309 e. The maximum absolute atomic E-state index is 14.0. The van der Waals surface area contributed by atoms with Crippen molar-refractivity contribution < 1.29 is 4.57 Å². The van der Waals surface area contributed by atoms with Crippen LogP contribution in [0.25, 0.3) is 11.1 Å². The maximum Gasteiger partial charge on any atom is 0.172 e. The molecule has 3 aromatic rings. The molecule has 0 aromatic heterocycles. The summed E-state index contributed by atoms with van der Waals surface area (Å²) < 4.78 is 15.0. The molecule has 1 aliphatic rings. The third-order valence-electron chi connectivity index (χ3n) is 3.95. The lowest BCUT2D eigenvalue weighted by Crippen LogP contribution is -2.20. The molecule has 3 heteroatoms. The molecule has 0 amide bonds. The fraction of sp³-hybridized carbons (Fsp3) is 0. The molecular weight excluding hydrogens is 343 g/mol. The van der Waals surface area contributed by atoms with Gasteiger partial charge in [-0.15, -0.1) is 0 Å². The van der Waals surface area contributed by atoms with Gasteiger partial charge in [0, 0.05) is 20.4 Å². The predicted molar refractivity (Wildman–Crippen MR) is 92.5 cm³/mol. The fourth-order valence-corrected chi connectivity index (χ4v) is 6.65. The van der Waals surface area contributed by atoms with Crippen molar-refractivity contribution in [3.8, 4) is 11.1 Å². The monoisotopic (exact) mass is 354 g/mol. The van der Waals surface area contributed by atoms with Crippen LogP contribution < -0.4 is 15.9 Å². The van der Waals surface area contributed by atoms with Crippen molar-refractivity contribution in [2.24, 2.45) is 0 Å². The van der Waals surface area contributed by atoms with Crippen LogP contribution in [0, 0.1) is 0 Å². The molecule has 3 aromatic carbocycles. The van der Waals surface area contributed by atoms with Gasteiger partial charge >= 0.3 is 0 Å². The van der Waals surface area contributed by atoms with Crippen LogP contribution in [0.4, 0.5) is 0 Å². The van der Waals surface area contributed by atoms with E-state index >= 15 is 0 Å². The van der Waals surface area contributed by atoms with Gasteiger partial charge < -0.3 is 4.57 Å². The highest BCUT2D eigenvalue weighted by Gasteiger charge is 2.39. The van der Waals surface area contributed by atoms with E-state index in [1.807, 2.05) is 60.7 Å². The minimum atomic E-state index is -2.76. The van der Waals surface area contributed by atoms with Crippen LogP contribution in [0.1, 0.15) is 0 Å². The number of fused-ring (bicyclic) bond motifs is 3. The molecule has 0 saturated carbocycles. The summed E-state index contributed by atoms with van der Waals surface area (Å²) in [6.07, 6.45) is 0. The summed E-state index contributed by atoms with van der Waals surface area (Å²) >= 11 is 3.51. The van der Waals surface area contributed by atoms with Gasteiger partial charge in [0.2, 0.25) is 0 Å². The Morgan fingerprint density at radius 1 is 0.714 bits per heavy atom. The third kappa shape index (κ3) is 1.79. The van der Waals surface area contributed by atoms with E-state index in [4.69, 9.17) is 0 Å². The zero-order valence-corrected chi connectivity index (χ0v) is 13.6. The van der Waals surface area contributed by atoms with Gasteiger partial charge in [-0.1, -0.05) is 76.6 Å². The van der Waals surface area contributed by atoms with E-state index in [9.17, 15) is 4.57 Å². The molecule has 1 heterocycles. The Morgan fingerprint density at radius 3 is 2.19 bits per heavy atom. The standard InChI is InChI=1S/C18H12BrOP/c19-13-10-11-16-15-8-4-5-9-17(15)21(20,18(16)12-13)14-6-2-1-3-7-14/h1-12H. The van der Waals surface area contributed by atoms with Crippen molar-refractivity contribution in [1.82, 2.24) is 0 Å². The molecule has 102 valence electrons. The van der Waals surface area contributed by atoms with Gasteiger partial charge in [0.1, 0.15) is 0 Å². The molecule has 0 aliphatic carbocycles. The van der Waals surface area contributed by atoms with Crippen molar-refractivity contribution >= 4 is 39.0 Å². The van der Waals surface area contributed by atoms with E-state index in [-0.39, 0.29) is 0 Å². The molecule has 0 saturated heterocycles. The third-order valence-corrected chi connectivity index (χ3v) is 7.59. The Morgan fingerprint density at radius 2 is 1.38 bits per heavy atom. The van der Waals surface area contributed by atoms with Crippen LogP contribution in [-0.2, 0) is 4.57 Å².